The first-order valence-electron chi connectivity index (χ1n) is 6.69. The van der Waals surface area contributed by atoms with Crippen molar-refractivity contribution in [2.24, 2.45) is 0 Å². The van der Waals surface area contributed by atoms with Gasteiger partial charge in [0, 0.05) is 17.5 Å². The van der Waals surface area contributed by atoms with Crippen LogP contribution in [0.4, 0.5) is 0 Å². The highest BCUT2D eigenvalue weighted by Gasteiger charge is 2.02. The number of aromatic nitrogens is 1. The number of unbranched alkanes of at least 4 members (excludes halogenated alkanes) is 5. The zero-order chi connectivity index (χ0) is 11.8. The summed E-state index contributed by atoms with van der Waals surface area (Å²) in [6.45, 7) is 7.79. The molecular weight excluding hydrogens is 274 g/mol. The Hall–Kier alpha value is -0.370. The van der Waals surface area contributed by atoms with Gasteiger partial charge in [0.15, 0.2) is 12.4 Å². The number of aryl methyl sites for hydroxylation is 3. The van der Waals surface area contributed by atoms with Crippen LogP contribution in [0.15, 0.2) is 18.5 Å². The van der Waals surface area contributed by atoms with Crippen molar-refractivity contribution >= 4 is 0 Å². The molecule has 98 valence electrons. The van der Waals surface area contributed by atoms with E-state index >= 15 is 0 Å². The average Bonchev–Trinajstić information content (AvgIpc) is 2.22. The Morgan fingerprint density at radius 3 is 2.00 bits per heavy atom. The molecule has 0 saturated heterocycles. The van der Waals surface area contributed by atoms with Crippen molar-refractivity contribution in [3.63, 3.8) is 0 Å². The first kappa shape index (κ1) is 16.6. The maximum Gasteiger partial charge on any atom is 0.171 e. The van der Waals surface area contributed by atoms with Crippen molar-refractivity contribution in [3.8, 4) is 0 Å². The summed E-state index contributed by atoms with van der Waals surface area (Å²) in [6.07, 6.45) is 12.7. The molecule has 0 unspecified atom stereocenters. The van der Waals surface area contributed by atoms with Crippen molar-refractivity contribution in [2.45, 2.75) is 65.8 Å². The molecule has 0 aliphatic heterocycles. The summed E-state index contributed by atoms with van der Waals surface area (Å²) in [5.41, 5.74) is 2.73. The maximum absolute atomic E-state index is 2.34. The molecule has 0 spiro atoms. The van der Waals surface area contributed by atoms with Crippen molar-refractivity contribution < 1.29 is 21.5 Å². The van der Waals surface area contributed by atoms with E-state index in [1.54, 1.807) is 0 Å². The van der Waals surface area contributed by atoms with Gasteiger partial charge in [0.05, 0.1) is 0 Å². The van der Waals surface area contributed by atoms with Crippen LogP contribution in [0.2, 0.25) is 0 Å². The third kappa shape index (κ3) is 7.54. The molecule has 0 atom stereocenters. The molecule has 1 nitrogen and oxygen atoms in total. The van der Waals surface area contributed by atoms with E-state index in [4.69, 9.17) is 0 Å². The summed E-state index contributed by atoms with van der Waals surface area (Å²) in [5, 5.41) is 0. The van der Waals surface area contributed by atoms with Crippen LogP contribution in [0, 0.1) is 13.8 Å². The highest BCUT2D eigenvalue weighted by molar-refractivity contribution is 5.11. The zero-order valence-electron chi connectivity index (χ0n) is 11.5. The van der Waals surface area contributed by atoms with E-state index in [1.165, 1.54) is 56.2 Å². The Morgan fingerprint density at radius 2 is 1.41 bits per heavy atom. The predicted molar refractivity (Wildman–Crippen MR) is 69.5 cm³/mol. The summed E-state index contributed by atoms with van der Waals surface area (Å²) in [7, 11) is 0. The van der Waals surface area contributed by atoms with Crippen molar-refractivity contribution in [1.82, 2.24) is 0 Å². The quantitative estimate of drug-likeness (QED) is 0.521. The summed E-state index contributed by atoms with van der Waals surface area (Å²) in [4.78, 5) is 0. The minimum absolute atomic E-state index is 0. The minimum atomic E-state index is 0. The molecule has 0 radical (unpaired) electrons. The monoisotopic (exact) mass is 299 g/mol. The fraction of sp³-hybridized carbons (Fsp3) is 0.667. The summed E-state index contributed by atoms with van der Waals surface area (Å²) >= 11 is 0. The van der Waals surface area contributed by atoms with Crippen LogP contribution >= 0.6 is 0 Å². The number of rotatable bonds is 7. The van der Waals surface area contributed by atoms with E-state index in [0.29, 0.717) is 0 Å². The maximum atomic E-state index is 2.34. The van der Waals surface area contributed by atoms with Crippen molar-refractivity contribution in [2.75, 3.05) is 0 Å². The summed E-state index contributed by atoms with van der Waals surface area (Å²) in [5.74, 6) is 0. The number of hydrogen-bond acceptors (Lipinski definition) is 0. The molecule has 0 aliphatic rings. The minimum Gasteiger partial charge on any atom is -1.00 e. The second kappa shape index (κ2) is 9.64. The first-order valence-corrected chi connectivity index (χ1v) is 6.69. The van der Waals surface area contributed by atoms with E-state index in [2.05, 4.69) is 43.8 Å². The standard InChI is InChI=1S/C15H26N.BrH/c1-4-5-6-7-8-9-10-16-12-14(2)11-15(3)13-16;/h11-13H,4-10H2,1-3H3;1H/q+1;/p-1. The summed E-state index contributed by atoms with van der Waals surface area (Å²) in [6, 6.07) is 2.23. The molecule has 1 aromatic rings. The molecule has 17 heavy (non-hydrogen) atoms. The van der Waals surface area contributed by atoms with E-state index < -0.39 is 0 Å². The van der Waals surface area contributed by atoms with Gasteiger partial charge in [-0.05, 0) is 26.3 Å². The number of hydrogen-bond donors (Lipinski definition) is 0. The Labute approximate surface area is 117 Å². The Balaban J connectivity index is 0.00000256. The lowest BCUT2D eigenvalue weighted by Gasteiger charge is -2.00. The van der Waals surface area contributed by atoms with E-state index in [-0.39, 0.29) is 17.0 Å². The van der Waals surface area contributed by atoms with Crippen molar-refractivity contribution in [1.29, 1.82) is 0 Å². The van der Waals surface area contributed by atoms with Gasteiger partial charge in [-0.25, -0.2) is 4.57 Å². The second-order valence-corrected chi connectivity index (χ2v) is 4.90. The van der Waals surface area contributed by atoms with Crippen LogP contribution in [0.1, 0.15) is 56.6 Å². The molecule has 0 aliphatic carbocycles. The predicted octanol–water partition coefficient (Wildman–Crippen LogP) is 0.955. The number of halogens is 1. The lowest BCUT2D eigenvalue weighted by Crippen LogP contribution is -3.00. The van der Waals surface area contributed by atoms with E-state index in [1.807, 2.05) is 0 Å². The zero-order valence-corrected chi connectivity index (χ0v) is 13.1. The third-order valence-electron chi connectivity index (χ3n) is 2.96. The molecule has 0 fully saturated rings. The van der Waals surface area contributed by atoms with Crippen LogP contribution in [-0.4, -0.2) is 0 Å². The third-order valence-corrected chi connectivity index (χ3v) is 2.96. The van der Waals surface area contributed by atoms with Gasteiger partial charge in [-0.3, -0.25) is 0 Å². The Kier molecular flexibility index (Phi) is 9.43. The van der Waals surface area contributed by atoms with Gasteiger partial charge in [0.1, 0.15) is 6.54 Å². The fourth-order valence-corrected chi connectivity index (χ4v) is 2.20. The van der Waals surface area contributed by atoms with Gasteiger partial charge in [-0.15, -0.1) is 0 Å². The van der Waals surface area contributed by atoms with Crippen LogP contribution in [0.5, 0.6) is 0 Å². The molecule has 0 amide bonds. The summed E-state index contributed by atoms with van der Waals surface area (Å²) < 4.78 is 2.34. The largest absolute Gasteiger partial charge is 1.00 e. The normalized spacial score (nSPS) is 10.1. The Morgan fingerprint density at radius 1 is 0.882 bits per heavy atom. The van der Waals surface area contributed by atoms with Gasteiger partial charge in [-0.1, -0.05) is 32.6 Å². The molecule has 2 heteroatoms. The van der Waals surface area contributed by atoms with Crippen LogP contribution in [-0.2, 0) is 6.54 Å². The molecule has 0 saturated carbocycles. The molecule has 1 heterocycles. The molecule has 1 aromatic heterocycles. The smallest absolute Gasteiger partial charge is 0.171 e. The topological polar surface area (TPSA) is 3.88 Å². The van der Waals surface area contributed by atoms with E-state index in [0.717, 1.165) is 0 Å². The van der Waals surface area contributed by atoms with Crippen LogP contribution in [0.3, 0.4) is 0 Å². The number of nitrogens with zero attached hydrogens (tertiary/aromatic N) is 1. The van der Waals surface area contributed by atoms with Crippen LogP contribution < -0.4 is 21.5 Å². The van der Waals surface area contributed by atoms with Gasteiger partial charge >= 0.3 is 0 Å². The van der Waals surface area contributed by atoms with Gasteiger partial charge in [-0.2, -0.15) is 0 Å². The van der Waals surface area contributed by atoms with Crippen molar-refractivity contribution in [3.05, 3.63) is 29.6 Å². The van der Waals surface area contributed by atoms with E-state index in [9.17, 15) is 0 Å². The average molecular weight is 300 g/mol. The molecule has 0 bridgehead atoms. The molecule has 1 rings (SSSR count). The fourth-order valence-electron chi connectivity index (χ4n) is 2.20. The SMILES string of the molecule is CCCCCCCC[n+]1cc(C)cc(C)c1.[Br-]. The van der Waals surface area contributed by atoms with Crippen LogP contribution in [0.25, 0.3) is 0 Å². The number of pyridine rings is 1. The van der Waals surface area contributed by atoms with Gasteiger partial charge in [0.25, 0.3) is 0 Å². The highest BCUT2D eigenvalue weighted by atomic mass is 79.9. The van der Waals surface area contributed by atoms with Gasteiger partial charge < -0.3 is 17.0 Å². The lowest BCUT2D eigenvalue weighted by atomic mass is 10.1. The van der Waals surface area contributed by atoms with Gasteiger partial charge in [0.2, 0.25) is 0 Å². The molecular formula is C15H26BrN. The molecule has 0 aromatic carbocycles. The second-order valence-electron chi connectivity index (χ2n) is 4.90. The first-order chi connectivity index (χ1) is 7.72. The molecule has 0 N–H and O–H groups in total. The Bertz CT molecular complexity index is 290. The lowest BCUT2D eigenvalue weighted by molar-refractivity contribution is -0.698. The highest BCUT2D eigenvalue weighted by Crippen LogP contribution is 2.05.